The van der Waals surface area contributed by atoms with Crippen LogP contribution in [0.5, 0.6) is 0 Å². The number of likely N-dealkylation sites (N-methyl/N-ethyl adjacent to an activating group) is 1. The highest BCUT2D eigenvalue weighted by Gasteiger charge is 2.14. The summed E-state index contributed by atoms with van der Waals surface area (Å²) >= 11 is 1.61. The molecule has 154 valence electrons. The van der Waals surface area contributed by atoms with Crippen molar-refractivity contribution in [3.05, 3.63) is 24.3 Å². The van der Waals surface area contributed by atoms with Crippen LogP contribution < -0.4 is 16.4 Å². The lowest BCUT2D eigenvalue weighted by Gasteiger charge is -2.34. The van der Waals surface area contributed by atoms with Crippen LogP contribution in [0, 0.1) is 5.92 Å². The van der Waals surface area contributed by atoms with Gasteiger partial charge in [-0.15, -0.1) is 0 Å². The Bertz CT molecular complexity index is 656. The predicted molar refractivity (Wildman–Crippen MR) is 123 cm³/mol. The van der Waals surface area contributed by atoms with Gasteiger partial charge in [-0.2, -0.15) is 4.99 Å². The van der Waals surface area contributed by atoms with Crippen LogP contribution in [0.3, 0.4) is 0 Å². The second-order valence-electron chi connectivity index (χ2n) is 7.90. The molecule has 7 heteroatoms. The number of anilines is 1. The first kappa shape index (κ1) is 21.0. The number of benzene rings is 1. The van der Waals surface area contributed by atoms with Gasteiger partial charge in [-0.1, -0.05) is 37.4 Å². The molecule has 0 radical (unpaired) electrons. The molecule has 1 aromatic carbocycles. The highest BCUT2D eigenvalue weighted by molar-refractivity contribution is 8.13. The molecule has 1 aromatic rings. The number of guanidine groups is 1. The lowest BCUT2D eigenvalue weighted by molar-refractivity contribution is 0.313. The van der Waals surface area contributed by atoms with Gasteiger partial charge in [-0.05, 0) is 50.1 Å². The van der Waals surface area contributed by atoms with Crippen LogP contribution in [0.2, 0.25) is 0 Å². The SMILES string of the molecule is CN1CCN(c2ccc(N=C(N)/N=C(\N)SCC3CCCCCC3)cc2)CC1. The summed E-state index contributed by atoms with van der Waals surface area (Å²) in [6.45, 7) is 4.30. The maximum atomic E-state index is 6.06. The van der Waals surface area contributed by atoms with Crippen molar-refractivity contribution < 1.29 is 0 Å². The van der Waals surface area contributed by atoms with E-state index >= 15 is 0 Å². The summed E-state index contributed by atoms with van der Waals surface area (Å²) in [5.74, 6) is 2.00. The molecule has 0 unspecified atom stereocenters. The van der Waals surface area contributed by atoms with E-state index in [1.165, 1.54) is 44.2 Å². The zero-order valence-corrected chi connectivity index (χ0v) is 17.8. The Labute approximate surface area is 173 Å². The summed E-state index contributed by atoms with van der Waals surface area (Å²) in [6, 6.07) is 8.19. The van der Waals surface area contributed by atoms with Crippen LogP contribution in [-0.2, 0) is 0 Å². The van der Waals surface area contributed by atoms with Gasteiger partial charge in [0.15, 0.2) is 5.17 Å². The summed E-state index contributed by atoms with van der Waals surface area (Å²) in [5, 5.41) is 0.513. The topological polar surface area (TPSA) is 83.2 Å². The molecule has 0 bridgehead atoms. The van der Waals surface area contributed by atoms with Crippen LogP contribution in [0.15, 0.2) is 34.3 Å². The lowest BCUT2D eigenvalue weighted by Crippen LogP contribution is -2.44. The molecule has 6 nitrogen and oxygen atoms in total. The maximum absolute atomic E-state index is 6.06. The first-order chi connectivity index (χ1) is 13.6. The summed E-state index contributed by atoms with van der Waals surface area (Å²) in [5.41, 5.74) is 14.1. The zero-order chi connectivity index (χ0) is 19.8. The number of piperazine rings is 1. The van der Waals surface area contributed by atoms with E-state index in [1.54, 1.807) is 11.8 Å². The Hall–Kier alpha value is -1.73. The van der Waals surface area contributed by atoms with E-state index in [1.807, 2.05) is 12.1 Å². The molecular weight excluding hydrogens is 368 g/mol. The molecule has 1 aliphatic carbocycles. The quantitative estimate of drug-likeness (QED) is 0.458. The van der Waals surface area contributed by atoms with E-state index < -0.39 is 0 Å². The van der Waals surface area contributed by atoms with E-state index in [9.17, 15) is 0 Å². The minimum absolute atomic E-state index is 0.221. The van der Waals surface area contributed by atoms with E-state index in [-0.39, 0.29) is 5.96 Å². The molecule has 28 heavy (non-hydrogen) atoms. The van der Waals surface area contributed by atoms with Crippen LogP contribution in [-0.4, -0.2) is 55.0 Å². The molecule has 3 rings (SSSR count). The van der Waals surface area contributed by atoms with Crippen LogP contribution in [0.25, 0.3) is 0 Å². The third-order valence-electron chi connectivity index (χ3n) is 5.63. The number of aliphatic imine (C=N–C) groups is 2. The standard InChI is InChI=1S/C21H34N6S/c1-26-12-14-27(15-13-26)19-10-8-18(9-11-19)24-20(22)25-21(23)28-16-17-6-4-2-3-5-7-17/h8-11,17H,2-7,12-16H2,1H3,(H4,22,23,24,25). The number of nitrogens with two attached hydrogens (primary N) is 2. The molecule has 0 atom stereocenters. The normalized spacial score (nSPS) is 21.0. The van der Waals surface area contributed by atoms with Crippen LogP contribution >= 0.6 is 11.8 Å². The molecule has 0 aromatic heterocycles. The van der Waals surface area contributed by atoms with E-state index in [0.29, 0.717) is 5.17 Å². The number of thioether (sulfide) groups is 1. The van der Waals surface area contributed by atoms with Crippen molar-refractivity contribution in [3.8, 4) is 0 Å². The van der Waals surface area contributed by atoms with Gasteiger partial charge in [0, 0.05) is 37.6 Å². The molecule has 1 heterocycles. The van der Waals surface area contributed by atoms with Crippen molar-refractivity contribution in [2.75, 3.05) is 43.9 Å². The molecule has 2 fully saturated rings. The Morgan fingerprint density at radius 3 is 2.29 bits per heavy atom. The van der Waals surface area contributed by atoms with E-state index in [0.717, 1.165) is 43.5 Å². The molecule has 0 spiro atoms. The van der Waals surface area contributed by atoms with Gasteiger partial charge in [-0.3, -0.25) is 0 Å². The van der Waals surface area contributed by atoms with Crippen LogP contribution in [0.4, 0.5) is 11.4 Å². The predicted octanol–water partition coefficient (Wildman–Crippen LogP) is 3.40. The van der Waals surface area contributed by atoms with Crippen molar-refractivity contribution >= 4 is 34.3 Å². The van der Waals surface area contributed by atoms with Crippen molar-refractivity contribution in [2.45, 2.75) is 38.5 Å². The van der Waals surface area contributed by atoms with E-state index in [4.69, 9.17) is 11.5 Å². The van der Waals surface area contributed by atoms with Gasteiger partial charge in [0.1, 0.15) is 0 Å². The second-order valence-corrected chi connectivity index (χ2v) is 8.94. The molecule has 2 aliphatic rings. The van der Waals surface area contributed by atoms with Crippen molar-refractivity contribution in [3.63, 3.8) is 0 Å². The lowest BCUT2D eigenvalue weighted by atomic mass is 10.0. The Kier molecular flexibility index (Phi) is 8.03. The highest BCUT2D eigenvalue weighted by Crippen LogP contribution is 2.26. The summed E-state index contributed by atoms with van der Waals surface area (Å²) in [7, 11) is 2.17. The minimum Gasteiger partial charge on any atom is -0.378 e. The molecule has 1 aliphatic heterocycles. The number of hydrogen-bond acceptors (Lipinski definition) is 4. The van der Waals surface area contributed by atoms with Gasteiger partial charge in [-0.25, -0.2) is 4.99 Å². The average Bonchev–Trinajstić information content (AvgIpc) is 2.96. The summed E-state index contributed by atoms with van der Waals surface area (Å²) < 4.78 is 0. The number of hydrogen-bond donors (Lipinski definition) is 2. The number of nitrogens with zero attached hydrogens (tertiary/aromatic N) is 4. The third kappa shape index (κ3) is 6.71. The van der Waals surface area contributed by atoms with Gasteiger partial charge in [0.25, 0.3) is 0 Å². The van der Waals surface area contributed by atoms with Gasteiger partial charge in [0.05, 0.1) is 5.69 Å². The number of rotatable bonds is 4. The Balaban J connectivity index is 1.51. The van der Waals surface area contributed by atoms with Crippen molar-refractivity contribution in [1.29, 1.82) is 0 Å². The maximum Gasteiger partial charge on any atom is 0.222 e. The molecule has 1 saturated carbocycles. The molecule has 0 amide bonds. The van der Waals surface area contributed by atoms with Crippen molar-refractivity contribution in [1.82, 2.24) is 4.90 Å². The fourth-order valence-electron chi connectivity index (χ4n) is 3.84. The first-order valence-corrected chi connectivity index (χ1v) is 11.4. The Morgan fingerprint density at radius 2 is 1.64 bits per heavy atom. The zero-order valence-electron chi connectivity index (χ0n) is 17.0. The fraction of sp³-hybridized carbons (Fsp3) is 0.619. The number of amidine groups is 1. The third-order valence-corrected chi connectivity index (χ3v) is 6.65. The van der Waals surface area contributed by atoms with Crippen molar-refractivity contribution in [2.24, 2.45) is 27.4 Å². The van der Waals surface area contributed by atoms with Crippen LogP contribution in [0.1, 0.15) is 38.5 Å². The monoisotopic (exact) mass is 402 g/mol. The largest absolute Gasteiger partial charge is 0.378 e. The highest BCUT2D eigenvalue weighted by atomic mass is 32.2. The fourth-order valence-corrected chi connectivity index (χ4v) is 4.74. The molecule has 4 N–H and O–H groups in total. The van der Waals surface area contributed by atoms with E-state index in [2.05, 4.69) is 39.0 Å². The minimum atomic E-state index is 0.221. The average molecular weight is 403 g/mol. The smallest absolute Gasteiger partial charge is 0.222 e. The van der Waals surface area contributed by atoms with Gasteiger partial charge < -0.3 is 21.3 Å². The van der Waals surface area contributed by atoms with Gasteiger partial charge in [0.2, 0.25) is 5.96 Å². The summed E-state index contributed by atoms with van der Waals surface area (Å²) in [4.78, 5) is 13.4. The Morgan fingerprint density at radius 1 is 1.00 bits per heavy atom. The molecular formula is C21H34N6S. The summed E-state index contributed by atoms with van der Waals surface area (Å²) in [6.07, 6.45) is 8.05. The van der Waals surface area contributed by atoms with Gasteiger partial charge >= 0.3 is 0 Å². The molecule has 1 saturated heterocycles. The first-order valence-electron chi connectivity index (χ1n) is 10.4. The second kappa shape index (κ2) is 10.7.